The van der Waals surface area contributed by atoms with Crippen molar-refractivity contribution in [3.05, 3.63) is 120 Å². The molecular weight excluding hydrogens is 654 g/mol. The van der Waals surface area contributed by atoms with Crippen molar-refractivity contribution in [1.82, 2.24) is 0 Å². The molecule has 52 heavy (non-hydrogen) atoms. The van der Waals surface area contributed by atoms with Crippen molar-refractivity contribution in [2.45, 2.75) is 32.6 Å². The molecule has 4 amide bonds. The first kappa shape index (κ1) is 33.3. The molecule has 4 aromatic carbocycles. The van der Waals surface area contributed by atoms with Crippen LogP contribution in [0.1, 0.15) is 36.8 Å². The molecule has 0 spiro atoms. The number of phenols is 1. The molecule has 262 valence electrons. The summed E-state index contributed by atoms with van der Waals surface area (Å²) in [6.07, 6.45) is 2.65. The highest BCUT2D eigenvalue weighted by Crippen LogP contribution is 2.63. The van der Waals surface area contributed by atoms with Gasteiger partial charge in [-0.05, 0) is 110 Å². The third-order valence-electron chi connectivity index (χ3n) is 11.6. The van der Waals surface area contributed by atoms with Crippen molar-refractivity contribution in [3.63, 3.8) is 0 Å². The van der Waals surface area contributed by atoms with Crippen LogP contribution in [0.5, 0.6) is 5.75 Å². The van der Waals surface area contributed by atoms with Gasteiger partial charge in [0.25, 0.3) is 0 Å². The Morgan fingerprint density at radius 2 is 1.38 bits per heavy atom. The average Bonchev–Trinajstić information content (AvgIpc) is 3.52. The first-order valence-electron chi connectivity index (χ1n) is 17.6. The summed E-state index contributed by atoms with van der Waals surface area (Å²) in [5, 5.41) is 19.1. The number of benzene rings is 4. The van der Waals surface area contributed by atoms with Gasteiger partial charge in [-0.1, -0.05) is 42.0 Å². The number of azo groups is 1. The first-order chi connectivity index (χ1) is 25.0. The lowest BCUT2D eigenvalue weighted by molar-refractivity contribution is -0.131. The number of aromatic hydroxyl groups is 1. The van der Waals surface area contributed by atoms with E-state index >= 15 is 0 Å². The zero-order chi connectivity index (χ0) is 36.5. The Balaban J connectivity index is 1.12. The fourth-order valence-electron chi connectivity index (χ4n) is 8.93. The molecule has 1 N–H and O–H groups in total. The van der Waals surface area contributed by atoms with E-state index in [2.05, 4.69) is 10.2 Å². The van der Waals surface area contributed by atoms with E-state index in [1.807, 2.05) is 68.4 Å². The smallest absolute Gasteiger partial charge is 0.241 e. The van der Waals surface area contributed by atoms with Crippen LogP contribution in [0.15, 0.2) is 119 Å². The maximum absolute atomic E-state index is 14.5. The lowest BCUT2D eigenvalue weighted by Crippen LogP contribution is -2.48. The van der Waals surface area contributed by atoms with Gasteiger partial charge >= 0.3 is 0 Å². The Labute approximate surface area is 302 Å². The van der Waals surface area contributed by atoms with Gasteiger partial charge in [0.1, 0.15) is 5.75 Å². The Bertz CT molecular complexity index is 2180. The Morgan fingerprint density at radius 3 is 2.02 bits per heavy atom. The fraction of sp³-hybridized carbons (Fsp3) is 0.286. The maximum atomic E-state index is 14.5. The SMILES string of the molecule is Cc1cc(C2C3=CCC4C(=O)N(c5ccc(N=Nc6ccc(N(C)C)cc6)cc5)C(=O)C4C3CC3C(=O)N(c4ccccc4)C(=O)C32C)ccc1O. The van der Waals surface area contributed by atoms with Crippen LogP contribution in [0.4, 0.5) is 28.4 Å². The topological polar surface area (TPSA) is 123 Å². The minimum Gasteiger partial charge on any atom is -0.508 e. The highest BCUT2D eigenvalue weighted by molar-refractivity contribution is 6.25. The number of phenolic OH excluding ortho intramolecular Hbond substituents is 1. The lowest BCUT2D eigenvalue weighted by atomic mass is 9.51. The molecule has 4 aromatic rings. The minimum atomic E-state index is -1.14. The summed E-state index contributed by atoms with van der Waals surface area (Å²) in [5.74, 6) is -4.00. The number of nitrogens with zero attached hydrogens (tertiary/aromatic N) is 5. The first-order valence-corrected chi connectivity index (χ1v) is 17.6. The molecule has 6 unspecified atom stereocenters. The van der Waals surface area contributed by atoms with E-state index in [4.69, 9.17) is 0 Å². The van der Waals surface area contributed by atoms with E-state index in [-0.39, 0.29) is 35.8 Å². The summed E-state index contributed by atoms with van der Waals surface area (Å²) < 4.78 is 0. The van der Waals surface area contributed by atoms with Crippen molar-refractivity contribution in [2.24, 2.45) is 39.3 Å². The predicted molar refractivity (Wildman–Crippen MR) is 198 cm³/mol. The molecule has 4 aliphatic rings. The zero-order valence-corrected chi connectivity index (χ0v) is 29.4. The number of hydrogen-bond donors (Lipinski definition) is 1. The predicted octanol–water partition coefficient (Wildman–Crippen LogP) is 7.62. The number of hydrogen-bond acceptors (Lipinski definition) is 8. The summed E-state index contributed by atoms with van der Waals surface area (Å²) in [5.41, 5.74) is 4.49. The summed E-state index contributed by atoms with van der Waals surface area (Å²) in [4.78, 5) is 62.0. The monoisotopic (exact) mass is 693 g/mol. The molecule has 0 radical (unpaired) electrons. The van der Waals surface area contributed by atoms with Crippen molar-refractivity contribution in [3.8, 4) is 5.75 Å². The third-order valence-corrected chi connectivity index (χ3v) is 11.6. The van der Waals surface area contributed by atoms with E-state index < -0.39 is 35.0 Å². The van der Waals surface area contributed by atoms with Gasteiger partial charge in [0, 0.05) is 25.7 Å². The number of fused-ring (bicyclic) bond motifs is 4. The van der Waals surface area contributed by atoms with Crippen LogP contribution in [0.2, 0.25) is 0 Å². The number of imide groups is 2. The number of aryl methyl sites for hydroxylation is 1. The van der Waals surface area contributed by atoms with Crippen molar-refractivity contribution in [2.75, 3.05) is 28.8 Å². The fourth-order valence-corrected chi connectivity index (χ4v) is 8.93. The van der Waals surface area contributed by atoms with Gasteiger partial charge in [-0.25, -0.2) is 4.90 Å². The molecule has 0 bridgehead atoms. The van der Waals surface area contributed by atoms with Gasteiger partial charge in [-0.3, -0.25) is 24.1 Å². The number of carbonyl (C=O) groups excluding carboxylic acids is 4. The summed E-state index contributed by atoms with van der Waals surface area (Å²) in [6, 6.07) is 28.8. The van der Waals surface area contributed by atoms with Crippen molar-refractivity contribution in [1.29, 1.82) is 0 Å². The van der Waals surface area contributed by atoms with Crippen molar-refractivity contribution >= 4 is 52.1 Å². The molecule has 1 saturated carbocycles. The Hall–Kier alpha value is -5.90. The normalized spacial score (nSPS) is 26.8. The minimum absolute atomic E-state index is 0.133. The quantitative estimate of drug-likeness (QED) is 0.126. The second-order valence-electron chi connectivity index (χ2n) is 14.7. The average molecular weight is 694 g/mol. The number of rotatable bonds is 6. The van der Waals surface area contributed by atoms with Crippen LogP contribution < -0.4 is 14.7 Å². The van der Waals surface area contributed by atoms with Gasteiger partial charge in [-0.2, -0.15) is 10.2 Å². The molecule has 2 saturated heterocycles. The molecule has 10 heteroatoms. The molecule has 2 aliphatic heterocycles. The summed E-state index contributed by atoms with van der Waals surface area (Å²) >= 11 is 0. The number of anilines is 3. The molecule has 3 fully saturated rings. The molecule has 2 heterocycles. The van der Waals surface area contributed by atoms with Crippen LogP contribution in [0, 0.1) is 36.0 Å². The number of para-hydroxylation sites is 1. The standard InChI is InChI=1S/C42H39N5O5/c1-24-22-25(10-21-35(24)48)37-31-19-20-32-36(33(31)23-34-39(50)47(41(52)42(34,37)2)29-8-6-5-7-9-29)40(51)46(38(32)49)30-17-13-27(14-18-30)44-43-26-11-15-28(16-12-26)45(3)4/h5-19,21-22,32-34,36-37,48H,20,23H2,1-4H3. The van der Waals surface area contributed by atoms with Gasteiger partial charge < -0.3 is 10.0 Å². The van der Waals surface area contributed by atoms with Crippen LogP contribution in [0.3, 0.4) is 0 Å². The van der Waals surface area contributed by atoms with Gasteiger partial charge in [0.2, 0.25) is 23.6 Å². The molecular formula is C42H39N5O5. The second-order valence-corrected chi connectivity index (χ2v) is 14.7. The van der Waals surface area contributed by atoms with Crippen LogP contribution in [-0.2, 0) is 19.2 Å². The molecule has 2 aliphatic carbocycles. The van der Waals surface area contributed by atoms with Crippen LogP contribution in [0.25, 0.3) is 0 Å². The largest absolute Gasteiger partial charge is 0.508 e. The van der Waals surface area contributed by atoms with E-state index in [0.29, 0.717) is 34.7 Å². The van der Waals surface area contributed by atoms with Crippen molar-refractivity contribution < 1.29 is 24.3 Å². The Morgan fingerprint density at radius 1 is 0.750 bits per heavy atom. The summed E-state index contributed by atoms with van der Waals surface area (Å²) in [6.45, 7) is 3.66. The number of carbonyl (C=O) groups is 4. The highest BCUT2D eigenvalue weighted by Gasteiger charge is 2.67. The third kappa shape index (κ3) is 5.07. The second kappa shape index (κ2) is 12.4. The molecule has 10 nitrogen and oxygen atoms in total. The van der Waals surface area contributed by atoms with E-state index in [9.17, 15) is 24.3 Å². The van der Waals surface area contributed by atoms with E-state index in [0.717, 1.165) is 16.8 Å². The van der Waals surface area contributed by atoms with Gasteiger partial charge in [0.15, 0.2) is 0 Å². The highest BCUT2D eigenvalue weighted by atomic mass is 16.3. The van der Waals surface area contributed by atoms with Gasteiger partial charge in [-0.15, -0.1) is 0 Å². The molecule has 0 aromatic heterocycles. The van der Waals surface area contributed by atoms with E-state index in [1.165, 1.54) is 9.80 Å². The van der Waals surface area contributed by atoms with E-state index in [1.54, 1.807) is 67.6 Å². The summed E-state index contributed by atoms with van der Waals surface area (Å²) in [7, 11) is 3.94. The zero-order valence-electron chi connectivity index (χ0n) is 29.4. The number of amides is 4. The maximum Gasteiger partial charge on any atom is 0.241 e. The number of allylic oxidation sites excluding steroid dienone is 2. The Kier molecular flexibility index (Phi) is 7.93. The van der Waals surface area contributed by atoms with Gasteiger partial charge in [0.05, 0.1) is 45.9 Å². The van der Waals surface area contributed by atoms with Crippen LogP contribution in [-0.4, -0.2) is 42.8 Å². The molecule has 8 rings (SSSR count). The van der Waals surface area contributed by atoms with Crippen LogP contribution >= 0.6 is 0 Å². The molecule has 6 atom stereocenters. The lowest BCUT2D eigenvalue weighted by Gasteiger charge is -2.49.